The molecule has 0 aromatic heterocycles. The SMILES string of the molecule is NC1CC=C(Br)NC1Br. The van der Waals surface area contributed by atoms with E-state index in [9.17, 15) is 0 Å². The first-order valence-corrected chi connectivity index (χ1v) is 4.43. The number of alkyl halides is 1. The van der Waals surface area contributed by atoms with Gasteiger partial charge in [0.15, 0.2) is 0 Å². The number of hydrogen-bond donors (Lipinski definition) is 2. The summed E-state index contributed by atoms with van der Waals surface area (Å²) in [4.78, 5) is 0.205. The molecule has 0 aliphatic carbocycles. The van der Waals surface area contributed by atoms with Crippen LogP contribution in [0, 0.1) is 0 Å². The van der Waals surface area contributed by atoms with Gasteiger partial charge >= 0.3 is 0 Å². The highest BCUT2D eigenvalue weighted by atomic mass is 79.9. The Kier molecular flexibility index (Phi) is 2.55. The van der Waals surface area contributed by atoms with E-state index in [-0.39, 0.29) is 11.0 Å². The van der Waals surface area contributed by atoms with E-state index < -0.39 is 0 Å². The second kappa shape index (κ2) is 3.03. The number of rotatable bonds is 0. The van der Waals surface area contributed by atoms with E-state index in [2.05, 4.69) is 37.2 Å². The van der Waals surface area contributed by atoms with E-state index in [0.717, 1.165) is 11.0 Å². The van der Waals surface area contributed by atoms with Crippen LogP contribution in [0.25, 0.3) is 0 Å². The van der Waals surface area contributed by atoms with Crippen molar-refractivity contribution in [2.45, 2.75) is 17.4 Å². The molecule has 2 atom stereocenters. The van der Waals surface area contributed by atoms with E-state index in [1.54, 1.807) is 0 Å². The van der Waals surface area contributed by atoms with Gasteiger partial charge in [-0.3, -0.25) is 0 Å². The van der Waals surface area contributed by atoms with Crippen LogP contribution in [0.3, 0.4) is 0 Å². The molecule has 0 amide bonds. The molecule has 0 aromatic carbocycles. The summed E-state index contributed by atoms with van der Waals surface area (Å²) in [5.41, 5.74) is 5.67. The van der Waals surface area contributed by atoms with Gasteiger partial charge in [0.05, 0.1) is 9.56 Å². The van der Waals surface area contributed by atoms with Crippen LogP contribution < -0.4 is 11.1 Å². The second-order valence-electron chi connectivity index (χ2n) is 2.00. The Labute approximate surface area is 71.1 Å². The molecule has 3 N–H and O–H groups in total. The normalized spacial score (nSPS) is 35.2. The molecule has 1 heterocycles. The maximum absolute atomic E-state index is 5.67. The van der Waals surface area contributed by atoms with Gasteiger partial charge in [-0.25, -0.2) is 0 Å². The molecule has 0 radical (unpaired) electrons. The molecule has 0 saturated heterocycles. The summed E-state index contributed by atoms with van der Waals surface area (Å²) in [6.45, 7) is 0. The molecular formula is C5H8Br2N2. The van der Waals surface area contributed by atoms with Crippen LogP contribution in [0.15, 0.2) is 10.7 Å². The van der Waals surface area contributed by atoms with Crippen molar-refractivity contribution in [3.63, 3.8) is 0 Å². The first-order chi connectivity index (χ1) is 4.20. The highest BCUT2D eigenvalue weighted by Crippen LogP contribution is 2.16. The molecule has 2 nitrogen and oxygen atoms in total. The predicted molar refractivity (Wildman–Crippen MR) is 45.5 cm³/mol. The van der Waals surface area contributed by atoms with Gasteiger partial charge in [0.25, 0.3) is 0 Å². The Morgan fingerprint density at radius 1 is 1.78 bits per heavy atom. The lowest BCUT2D eigenvalue weighted by molar-refractivity contribution is 0.581. The molecular weight excluding hydrogens is 248 g/mol. The van der Waals surface area contributed by atoms with Crippen LogP contribution >= 0.6 is 31.9 Å². The van der Waals surface area contributed by atoms with E-state index in [1.807, 2.05) is 6.08 Å². The van der Waals surface area contributed by atoms with Crippen molar-refractivity contribution in [1.29, 1.82) is 0 Å². The largest absolute Gasteiger partial charge is 0.366 e. The Morgan fingerprint density at radius 2 is 2.44 bits per heavy atom. The van der Waals surface area contributed by atoms with Crippen LogP contribution in [-0.2, 0) is 0 Å². The molecule has 9 heavy (non-hydrogen) atoms. The monoisotopic (exact) mass is 254 g/mol. The van der Waals surface area contributed by atoms with Crippen molar-refractivity contribution in [2.24, 2.45) is 5.73 Å². The van der Waals surface area contributed by atoms with Crippen LogP contribution in [0.5, 0.6) is 0 Å². The molecule has 2 unspecified atom stereocenters. The van der Waals surface area contributed by atoms with Crippen LogP contribution in [0.1, 0.15) is 6.42 Å². The van der Waals surface area contributed by atoms with Gasteiger partial charge in [-0.15, -0.1) is 0 Å². The molecule has 0 aromatic rings. The lowest BCUT2D eigenvalue weighted by Gasteiger charge is -2.23. The van der Waals surface area contributed by atoms with Gasteiger partial charge in [-0.05, 0) is 22.4 Å². The van der Waals surface area contributed by atoms with Crippen LogP contribution in [0.2, 0.25) is 0 Å². The third-order valence-electron chi connectivity index (χ3n) is 1.22. The van der Waals surface area contributed by atoms with Crippen molar-refractivity contribution in [3.8, 4) is 0 Å². The third kappa shape index (κ3) is 1.95. The van der Waals surface area contributed by atoms with E-state index in [4.69, 9.17) is 5.73 Å². The molecule has 0 fully saturated rings. The van der Waals surface area contributed by atoms with Crippen LogP contribution in [0.4, 0.5) is 0 Å². The second-order valence-corrected chi connectivity index (χ2v) is 3.84. The predicted octanol–water partition coefficient (Wildman–Crippen LogP) is 1.26. The summed E-state index contributed by atoms with van der Waals surface area (Å²) in [6, 6.07) is 0.186. The minimum Gasteiger partial charge on any atom is -0.366 e. The number of hydrogen-bond acceptors (Lipinski definition) is 2. The third-order valence-corrected chi connectivity index (χ3v) is 2.68. The fourth-order valence-corrected chi connectivity index (χ4v) is 1.86. The highest BCUT2D eigenvalue weighted by molar-refractivity contribution is 9.12. The first kappa shape index (κ1) is 7.57. The van der Waals surface area contributed by atoms with Gasteiger partial charge in [-0.1, -0.05) is 22.0 Å². The fourth-order valence-electron chi connectivity index (χ4n) is 0.657. The molecule has 1 rings (SSSR count). The zero-order chi connectivity index (χ0) is 6.85. The fraction of sp³-hybridized carbons (Fsp3) is 0.600. The van der Waals surface area contributed by atoms with Crippen molar-refractivity contribution >= 4 is 31.9 Å². The summed E-state index contributed by atoms with van der Waals surface area (Å²) in [5, 5.41) is 3.10. The molecule has 4 heteroatoms. The first-order valence-electron chi connectivity index (χ1n) is 2.72. The molecule has 0 spiro atoms. The lowest BCUT2D eigenvalue weighted by Crippen LogP contribution is -2.41. The quantitative estimate of drug-likeness (QED) is 0.505. The highest BCUT2D eigenvalue weighted by Gasteiger charge is 2.17. The summed E-state index contributed by atoms with van der Waals surface area (Å²) in [5.74, 6) is 0. The van der Waals surface area contributed by atoms with Crippen molar-refractivity contribution < 1.29 is 0 Å². The average Bonchev–Trinajstić information content (AvgIpc) is 1.80. The zero-order valence-electron chi connectivity index (χ0n) is 4.77. The van der Waals surface area contributed by atoms with Crippen molar-refractivity contribution in [3.05, 3.63) is 10.7 Å². The van der Waals surface area contributed by atoms with Gasteiger partial charge < -0.3 is 11.1 Å². The van der Waals surface area contributed by atoms with E-state index in [1.165, 1.54) is 0 Å². The molecule has 1 aliphatic heterocycles. The van der Waals surface area contributed by atoms with E-state index >= 15 is 0 Å². The summed E-state index contributed by atoms with van der Waals surface area (Å²) < 4.78 is 1.02. The van der Waals surface area contributed by atoms with Gasteiger partial charge in [0.1, 0.15) is 0 Å². The Morgan fingerprint density at radius 3 is 2.89 bits per heavy atom. The van der Waals surface area contributed by atoms with Crippen LogP contribution in [-0.4, -0.2) is 11.0 Å². The van der Waals surface area contributed by atoms with Gasteiger partial charge in [0.2, 0.25) is 0 Å². The van der Waals surface area contributed by atoms with E-state index in [0.29, 0.717) is 0 Å². The number of halogens is 2. The molecule has 0 saturated carbocycles. The lowest BCUT2D eigenvalue weighted by atomic mass is 10.2. The molecule has 0 bridgehead atoms. The maximum atomic E-state index is 5.67. The maximum Gasteiger partial charge on any atom is 0.0977 e. The minimum atomic E-state index is 0.186. The summed E-state index contributed by atoms with van der Waals surface area (Å²) in [6.07, 6.45) is 2.95. The smallest absolute Gasteiger partial charge is 0.0977 e. The average molecular weight is 256 g/mol. The molecule has 52 valence electrons. The summed E-state index contributed by atoms with van der Waals surface area (Å²) in [7, 11) is 0. The minimum absolute atomic E-state index is 0.186. The Bertz CT molecular complexity index is 135. The zero-order valence-corrected chi connectivity index (χ0v) is 7.94. The number of nitrogens with two attached hydrogens (primary N) is 1. The van der Waals surface area contributed by atoms with Gasteiger partial charge in [0, 0.05) is 6.04 Å². The topological polar surface area (TPSA) is 38.0 Å². The number of nitrogens with one attached hydrogen (secondary N) is 1. The standard InChI is InChI=1S/C5H8Br2N2/c6-4-2-1-3(8)5(7)9-4/h2-3,5,9H,1,8H2. The van der Waals surface area contributed by atoms with Gasteiger partial charge in [-0.2, -0.15) is 0 Å². The Balaban J connectivity index is 2.54. The van der Waals surface area contributed by atoms with Crippen molar-refractivity contribution in [1.82, 2.24) is 5.32 Å². The molecule has 1 aliphatic rings. The summed E-state index contributed by atoms with van der Waals surface area (Å²) >= 11 is 6.71. The van der Waals surface area contributed by atoms with Crippen molar-refractivity contribution in [2.75, 3.05) is 0 Å². The Hall–Kier alpha value is 0.460.